The van der Waals surface area contributed by atoms with Crippen LogP contribution in [0.15, 0.2) is 35.1 Å². The summed E-state index contributed by atoms with van der Waals surface area (Å²) in [6.07, 6.45) is 3.25. The smallest absolute Gasteiger partial charge is 0.312 e. The van der Waals surface area contributed by atoms with E-state index in [4.69, 9.17) is 0 Å². The summed E-state index contributed by atoms with van der Waals surface area (Å²) in [5.74, 6) is -1.10. The normalized spacial score (nSPS) is 10.6. The molecule has 1 unspecified atom stereocenters. The number of ether oxygens (including phenoxy) is 1. The third-order valence-corrected chi connectivity index (χ3v) is 3.23. The van der Waals surface area contributed by atoms with Crippen LogP contribution in [0.4, 0.5) is 4.39 Å². The van der Waals surface area contributed by atoms with Crippen LogP contribution in [0.3, 0.4) is 0 Å². The Balaban J connectivity index is 0.00000112. The summed E-state index contributed by atoms with van der Waals surface area (Å²) in [4.78, 5) is 11.4. The van der Waals surface area contributed by atoms with E-state index in [1.54, 1.807) is 25.4 Å². The molecule has 1 heterocycles. The third-order valence-electron chi connectivity index (χ3n) is 2.77. The number of carbonyl (C=O) groups is 1. The van der Waals surface area contributed by atoms with Gasteiger partial charge in [-0.05, 0) is 25.1 Å². The Labute approximate surface area is 145 Å². The first-order valence-corrected chi connectivity index (χ1v) is 8.39. The van der Waals surface area contributed by atoms with Crippen molar-refractivity contribution in [3.05, 3.63) is 46.4 Å². The SMILES string of the molecule is CC.CC.COC(=O)C(C)c1cnn(-c2cc(F)cc(Br)c2)c1. The molecule has 0 spiro atoms. The van der Waals surface area contributed by atoms with E-state index in [0.29, 0.717) is 15.7 Å². The summed E-state index contributed by atoms with van der Waals surface area (Å²) in [5, 5.41) is 4.13. The van der Waals surface area contributed by atoms with Gasteiger partial charge in [-0.2, -0.15) is 5.10 Å². The van der Waals surface area contributed by atoms with Gasteiger partial charge in [-0.25, -0.2) is 9.07 Å². The molecule has 23 heavy (non-hydrogen) atoms. The van der Waals surface area contributed by atoms with E-state index in [1.807, 2.05) is 27.7 Å². The molecule has 4 nitrogen and oxygen atoms in total. The van der Waals surface area contributed by atoms with Gasteiger partial charge in [0.15, 0.2) is 0 Å². The molecule has 0 saturated heterocycles. The minimum Gasteiger partial charge on any atom is -0.469 e. The quantitative estimate of drug-likeness (QED) is 0.688. The molecular weight excluding hydrogens is 363 g/mol. The van der Waals surface area contributed by atoms with Gasteiger partial charge < -0.3 is 4.74 Å². The van der Waals surface area contributed by atoms with Crippen molar-refractivity contribution in [2.75, 3.05) is 7.11 Å². The Morgan fingerprint density at radius 2 is 1.87 bits per heavy atom. The lowest BCUT2D eigenvalue weighted by Gasteiger charge is -2.06. The molecule has 0 aliphatic rings. The van der Waals surface area contributed by atoms with Crippen LogP contribution < -0.4 is 0 Å². The zero-order valence-corrected chi connectivity index (χ0v) is 16.0. The molecule has 2 aromatic rings. The number of esters is 1. The lowest BCUT2D eigenvalue weighted by Crippen LogP contribution is -2.10. The largest absolute Gasteiger partial charge is 0.469 e. The number of rotatable bonds is 3. The van der Waals surface area contributed by atoms with E-state index in [1.165, 1.54) is 23.9 Å². The molecule has 1 aromatic carbocycles. The summed E-state index contributed by atoms with van der Waals surface area (Å²) in [5.41, 5.74) is 1.29. The maximum atomic E-state index is 13.3. The second-order valence-corrected chi connectivity index (χ2v) is 5.01. The van der Waals surface area contributed by atoms with Crippen LogP contribution in [-0.2, 0) is 9.53 Å². The Bertz CT molecular complexity index is 594. The first kappa shape index (κ1) is 21.3. The molecule has 0 bridgehead atoms. The minimum atomic E-state index is -0.407. The van der Waals surface area contributed by atoms with E-state index in [0.717, 1.165) is 0 Å². The molecule has 128 valence electrons. The maximum Gasteiger partial charge on any atom is 0.312 e. The summed E-state index contributed by atoms with van der Waals surface area (Å²) in [6, 6.07) is 4.47. The summed E-state index contributed by atoms with van der Waals surface area (Å²) in [6.45, 7) is 9.73. The lowest BCUT2D eigenvalue weighted by molar-refractivity contribution is -0.141. The van der Waals surface area contributed by atoms with Crippen LogP contribution in [0.2, 0.25) is 0 Å². The van der Waals surface area contributed by atoms with Gasteiger partial charge in [-0.1, -0.05) is 43.6 Å². The van der Waals surface area contributed by atoms with E-state index < -0.39 is 5.92 Å². The van der Waals surface area contributed by atoms with Crippen molar-refractivity contribution in [1.29, 1.82) is 0 Å². The highest BCUT2D eigenvalue weighted by Gasteiger charge is 2.17. The molecule has 2 rings (SSSR count). The maximum absolute atomic E-state index is 13.3. The van der Waals surface area contributed by atoms with Crippen molar-refractivity contribution in [3.63, 3.8) is 0 Å². The second-order valence-electron chi connectivity index (χ2n) is 4.09. The van der Waals surface area contributed by atoms with Gasteiger partial charge >= 0.3 is 5.97 Å². The number of nitrogens with zero attached hydrogens (tertiary/aromatic N) is 2. The molecule has 0 saturated carbocycles. The topological polar surface area (TPSA) is 44.1 Å². The number of aromatic nitrogens is 2. The van der Waals surface area contributed by atoms with Crippen molar-refractivity contribution in [2.24, 2.45) is 0 Å². The van der Waals surface area contributed by atoms with Gasteiger partial charge in [0.25, 0.3) is 0 Å². The van der Waals surface area contributed by atoms with Gasteiger partial charge in [0.05, 0.1) is 24.9 Å². The lowest BCUT2D eigenvalue weighted by atomic mass is 10.1. The molecule has 0 amide bonds. The van der Waals surface area contributed by atoms with Crippen LogP contribution in [0, 0.1) is 5.82 Å². The summed E-state index contributed by atoms with van der Waals surface area (Å²) < 4.78 is 20.1. The molecule has 0 N–H and O–H groups in total. The van der Waals surface area contributed by atoms with Gasteiger partial charge in [-0.3, -0.25) is 4.79 Å². The molecule has 1 atom stereocenters. The highest BCUT2D eigenvalue weighted by molar-refractivity contribution is 9.10. The number of hydrogen-bond donors (Lipinski definition) is 0. The molecule has 0 radical (unpaired) electrons. The van der Waals surface area contributed by atoms with Crippen LogP contribution >= 0.6 is 15.9 Å². The second kappa shape index (κ2) is 10.9. The Hall–Kier alpha value is -1.69. The first-order chi connectivity index (χ1) is 11.0. The fourth-order valence-electron chi connectivity index (χ4n) is 1.69. The van der Waals surface area contributed by atoms with Crippen molar-refractivity contribution >= 4 is 21.9 Å². The van der Waals surface area contributed by atoms with Gasteiger partial charge in [0.1, 0.15) is 5.82 Å². The van der Waals surface area contributed by atoms with Gasteiger partial charge in [0, 0.05) is 16.2 Å². The number of halogens is 2. The molecule has 0 aliphatic carbocycles. The first-order valence-electron chi connectivity index (χ1n) is 7.60. The molecule has 6 heteroatoms. The van der Waals surface area contributed by atoms with Gasteiger partial charge in [0.2, 0.25) is 0 Å². The van der Waals surface area contributed by atoms with Crippen LogP contribution in [-0.4, -0.2) is 22.9 Å². The van der Waals surface area contributed by atoms with Crippen molar-refractivity contribution in [2.45, 2.75) is 40.5 Å². The van der Waals surface area contributed by atoms with Crippen LogP contribution in [0.5, 0.6) is 0 Å². The zero-order chi connectivity index (χ0) is 18.0. The fraction of sp³-hybridized carbons (Fsp3) is 0.412. The predicted molar refractivity (Wildman–Crippen MR) is 94.3 cm³/mol. The van der Waals surface area contributed by atoms with Crippen LogP contribution in [0.1, 0.15) is 46.1 Å². The van der Waals surface area contributed by atoms with Crippen molar-refractivity contribution in [3.8, 4) is 5.69 Å². The number of methoxy groups -OCH3 is 1. The monoisotopic (exact) mass is 386 g/mol. The zero-order valence-electron chi connectivity index (χ0n) is 14.4. The van der Waals surface area contributed by atoms with E-state index in [-0.39, 0.29) is 11.8 Å². The summed E-state index contributed by atoms with van der Waals surface area (Å²) in [7, 11) is 1.34. The van der Waals surface area contributed by atoms with E-state index in [2.05, 4.69) is 25.8 Å². The number of hydrogen-bond acceptors (Lipinski definition) is 3. The highest BCUT2D eigenvalue weighted by atomic mass is 79.9. The predicted octanol–water partition coefficient (Wildman–Crippen LogP) is 5.10. The average molecular weight is 387 g/mol. The summed E-state index contributed by atoms with van der Waals surface area (Å²) >= 11 is 3.23. The molecular formula is C17H24BrFN2O2. The van der Waals surface area contributed by atoms with Crippen molar-refractivity contribution < 1.29 is 13.9 Å². The Kier molecular flexibility index (Phi) is 10.1. The van der Waals surface area contributed by atoms with Crippen molar-refractivity contribution in [1.82, 2.24) is 9.78 Å². The van der Waals surface area contributed by atoms with Crippen LogP contribution in [0.25, 0.3) is 5.69 Å². The number of carbonyl (C=O) groups excluding carboxylic acids is 1. The number of benzene rings is 1. The highest BCUT2D eigenvalue weighted by Crippen LogP contribution is 2.21. The van der Waals surface area contributed by atoms with E-state index >= 15 is 0 Å². The van der Waals surface area contributed by atoms with Gasteiger partial charge in [-0.15, -0.1) is 0 Å². The minimum absolute atomic E-state index is 0.333. The average Bonchev–Trinajstić information content (AvgIpc) is 3.06. The molecule has 0 aliphatic heterocycles. The standard InChI is InChI=1S/C13H12BrFN2O2.2C2H6/c1-8(13(18)19-2)9-6-16-17(7-9)12-4-10(14)3-11(15)5-12;2*1-2/h3-8H,1-2H3;2*1-2H3. The third kappa shape index (κ3) is 6.14. The molecule has 0 fully saturated rings. The Morgan fingerprint density at radius 3 is 2.39 bits per heavy atom. The van der Waals surface area contributed by atoms with E-state index in [9.17, 15) is 9.18 Å². The molecule has 1 aromatic heterocycles. The Morgan fingerprint density at radius 1 is 1.26 bits per heavy atom. The fourth-order valence-corrected chi connectivity index (χ4v) is 2.14.